The molecule has 0 fully saturated rings. The zero-order valence-corrected chi connectivity index (χ0v) is 8.92. The van der Waals surface area contributed by atoms with Crippen molar-refractivity contribution < 1.29 is 4.42 Å². The molecule has 0 spiro atoms. The van der Waals surface area contributed by atoms with Gasteiger partial charge in [0.05, 0.1) is 6.20 Å². The van der Waals surface area contributed by atoms with E-state index in [4.69, 9.17) is 4.42 Å². The third kappa shape index (κ3) is 1.11. The predicted octanol–water partition coefficient (Wildman–Crippen LogP) is 3.53. The number of furan rings is 1. The van der Waals surface area contributed by atoms with Crippen LogP contribution in [0.3, 0.4) is 0 Å². The molecule has 0 aliphatic heterocycles. The van der Waals surface area contributed by atoms with Crippen molar-refractivity contribution in [2.75, 3.05) is 0 Å². The summed E-state index contributed by atoms with van der Waals surface area (Å²) in [5.74, 6) is 0. The molecule has 0 unspecified atom stereocenters. The first-order valence-electron chi connectivity index (χ1n) is 5.43. The molecule has 2 aromatic heterocycles. The lowest BCUT2D eigenvalue weighted by atomic mass is 10.1. The summed E-state index contributed by atoms with van der Waals surface area (Å²) < 4.78 is 5.84. The van der Waals surface area contributed by atoms with Crippen LogP contribution in [0.2, 0.25) is 0 Å². The second-order valence-electron chi connectivity index (χ2n) is 4.00. The topological polar surface area (TPSA) is 38.9 Å². The number of hydrogen-bond donors (Lipinski definition) is 0. The minimum absolute atomic E-state index is 0.735. The van der Waals surface area contributed by atoms with Crippen molar-refractivity contribution in [3.63, 3.8) is 0 Å². The van der Waals surface area contributed by atoms with Crippen molar-refractivity contribution in [2.24, 2.45) is 0 Å². The normalized spacial score (nSPS) is 11.5. The van der Waals surface area contributed by atoms with Crippen LogP contribution < -0.4 is 0 Å². The molecule has 0 radical (unpaired) electrons. The van der Waals surface area contributed by atoms with Crippen LogP contribution in [0.25, 0.3) is 32.8 Å². The van der Waals surface area contributed by atoms with E-state index in [1.54, 1.807) is 12.5 Å². The van der Waals surface area contributed by atoms with Gasteiger partial charge in [0.15, 0.2) is 5.58 Å². The van der Waals surface area contributed by atoms with E-state index >= 15 is 0 Å². The maximum Gasteiger partial charge on any atom is 0.172 e. The van der Waals surface area contributed by atoms with Crippen molar-refractivity contribution >= 4 is 32.8 Å². The fraction of sp³-hybridized carbons (Fsp3) is 0. The van der Waals surface area contributed by atoms with Gasteiger partial charge in [-0.3, -0.25) is 0 Å². The lowest BCUT2D eigenvalue weighted by Gasteiger charge is -1.96. The molecule has 3 nitrogen and oxygen atoms in total. The maximum absolute atomic E-state index is 5.84. The van der Waals surface area contributed by atoms with Crippen LogP contribution in [0.5, 0.6) is 0 Å². The number of hydrogen-bond acceptors (Lipinski definition) is 3. The Morgan fingerprint density at radius 2 is 1.88 bits per heavy atom. The monoisotopic (exact) mass is 220 g/mol. The van der Waals surface area contributed by atoms with E-state index < -0.39 is 0 Å². The molecule has 17 heavy (non-hydrogen) atoms. The molecule has 4 aromatic rings. The highest BCUT2D eigenvalue weighted by molar-refractivity contribution is 6.13. The van der Waals surface area contributed by atoms with Gasteiger partial charge in [0.2, 0.25) is 0 Å². The zero-order valence-electron chi connectivity index (χ0n) is 8.92. The summed E-state index contributed by atoms with van der Waals surface area (Å²) in [5.41, 5.74) is 2.50. The van der Waals surface area contributed by atoms with Crippen molar-refractivity contribution in [3.05, 3.63) is 48.9 Å². The van der Waals surface area contributed by atoms with Gasteiger partial charge in [-0.25, -0.2) is 9.97 Å². The van der Waals surface area contributed by atoms with Gasteiger partial charge in [-0.1, -0.05) is 30.3 Å². The molecule has 0 bridgehead atoms. The van der Waals surface area contributed by atoms with E-state index in [2.05, 4.69) is 34.2 Å². The Morgan fingerprint density at radius 1 is 0.941 bits per heavy atom. The Bertz CT molecular complexity index is 848. The summed E-state index contributed by atoms with van der Waals surface area (Å²) in [6.07, 6.45) is 3.25. The summed E-state index contributed by atoms with van der Waals surface area (Å²) in [4.78, 5) is 8.25. The Labute approximate surface area is 96.7 Å². The lowest BCUT2D eigenvalue weighted by molar-refractivity contribution is 0.669. The summed E-state index contributed by atoms with van der Waals surface area (Å²) in [6.45, 7) is 0. The molecule has 0 atom stereocenters. The molecule has 80 valence electrons. The number of rotatable bonds is 0. The van der Waals surface area contributed by atoms with E-state index in [-0.39, 0.29) is 0 Å². The zero-order chi connectivity index (χ0) is 11.2. The Morgan fingerprint density at radius 3 is 2.88 bits per heavy atom. The number of nitrogens with zero attached hydrogens (tertiary/aromatic N) is 2. The summed E-state index contributed by atoms with van der Waals surface area (Å²) in [7, 11) is 0. The standard InChI is InChI=1S/C14H8N2O/c1-2-4-10-9(3-1)5-6-11-13-12(17-14(10)11)7-15-8-16-13/h1-8H. The number of fused-ring (bicyclic) bond motifs is 5. The Kier molecular flexibility index (Phi) is 1.56. The fourth-order valence-corrected chi connectivity index (χ4v) is 2.24. The van der Waals surface area contributed by atoms with E-state index in [1.165, 1.54) is 5.39 Å². The molecule has 0 N–H and O–H groups in total. The highest BCUT2D eigenvalue weighted by atomic mass is 16.3. The van der Waals surface area contributed by atoms with Crippen LogP contribution >= 0.6 is 0 Å². The molecule has 0 aliphatic rings. The van der Waals surface area contributed by atoms with Gasteiger partial charge in [-0.05, 0) is 11.5 Å². The highest BCUT2D eigenvalue weighted by Gasteiger charge is 2.10. The van der Waals surface area contributed by atoms with Crippen LogP contribution in [0.1, 0.15) is 0 Å². The summed E-state index contributed by atoms with van der Waals surface area (Å²) in [6, 6.07) is 12.3. The predicted molar refractivity (Wildman–Crippen MR) is 66.8 cm³/mol. The Balaban J connectivity index is 2.34. The van der Waals surface area contributed by atoms with E-state index in [1.807, 2.05) is 12.1 Å². The molecule has 2 aromatic carbocycles. The molecular formula is C14H8N2O. The minimum atomic E-state index is 0.735. The van der Waals surface area contributed by atoms with Gasteiger partial charge in [0, 0.05) is 10.8 Å². The first-order valence-corrected chi connectivity index (χ1v) is 5.43. The average Bonchev–Trinajstić information content (AvgIpc) is 2.78. The molecule has 0 aliphatic carbocycles. The van der Waals surface area contributed by atoms with E-state index in [9.17, 15) is 0 Å². The van der Waals surface area contributed by atoms with Crippen molar-refractivity contribution in [2.45, 2.75) is 0 Å². The van der Waals surface area contributed by atoms with Crippen LogP contribution in [0.4, 0.5) is 0 Å². The molecular weight excluding hydrogens is 212 g/mol. The third-order valence-electron chi connectivity index (χ3n) is 3.03. The smallest absolute Gasteiger partial charge is 0.172 e. The highest BCUT2D eigenvalue weighted by Crippen LogP contribution is 2.31. The molecule has 0 amide bonds. The summed E-state index contributed by atoms with van der Waals surface area (Å²) in [5, 5.41) is 3.33. The second kappa shape index (κ2) is 3.04. The average molecular weight is 220 g/mol. The molecule has 0 saturated carbocycles. The number of benzene rings is 2. The van der Waals surface area contributed by atoms with E-state index in [0.717, 1.165) is 27.5 Å². The van der Waals surface area contributed by atoms with Gasteiger partial charge >= 0.3 is 0 Å². The van der Waals surface area contributed by atoms with Crippen LogP contribution in [0.15, 0.2) is 53.3 Å². The first kappa shape index (κ1) is 8.70. The van der Waals surface area contributed by atoms with Gasteiger partial charge in [0.25, 0.3) is 0 Å². The molecule has 2 heterocycles. The minimum Gasteiger partial charge on any atom is -0.452 e. The first-order chi connectivity index (χ1) is 8.43. The summed E-state index contributed by atoms with van der Waals surface area (Å²) >= 11 is 0. The van der Waals surface area contributed by atoms with Crippen LogP contribution in [-0.2, 0) is 0 Å². The SMILES string of the molecule is c1ccc2c(c1)ccc1c3ncncc3oc21. The maximum atomic E-state index is 5.84. The van der Waals surface area contributed by atoms with Crippen molar-refractivity contribution in [1.29, 1.82) is 0 Å². The van der Waals surface area contributed by atoms with Crippen molar-refractivity contribution in [3.8, 4) is 0 Å². The van der Waals surface area contributed by atoms with Crippen LogP contribution in [-0.4, -0.2) is 9.97 Å². The Hall–Kier alpha value is -2.42. The molecule has 3 heteroatoms. The van der Waals surface area contributed by atoms with Gasteiger partial charge in [-0.15, -0.1) is 0 Å². The van der Waals surface area contributed by atoms with Crippen LogP contribution in [0, 0.1) is 0 Å². The molecule has 4 rings (SSSR count). The largest absolute Gasteiger partial charge is 0.452 e. The van der Waals surface area contributed by atoms with Gasteiger partial charge in [-0.2, -0.15) is 0 Å². The third-order valence-corrected chi connectivity index (χ3v) is 3.03. The molecule has 0 saturated heterocycles. The van der Waals surface area contributed by atoms with Crippen molar-refractivity contribution in [1.82, 2.24) is 9.97 Å². The fourth-order valence-electron chi connectivity index (χ4n) is 2.24. The number of aromatic nitrogens is 2. The van der Waals surface area contributed by atoms with Gasteiger partial charge < -0.3 is 4.42 Å². The quantitative estimate of drug-likeness (QED) is 0.455. The second-order valence-corrected chi connectivity index (χ2v) is 4.00. The van der Waals surface area contributed by atoms with E-state index in [0.29, 0.717) is 0 Å². The van der Waals surface area contributed by atoms with Gasteiger partial charge in [0.1, 0.15) is 17.4 Å². The lowest BCUT2D eigenvalue weighted by Crippen LogP contribution is -1.76.